The van der Waals surface area contributed by atoms with E-state index in [9.17, 15) is 4.79 Å². The molecule has 1 aromatic carbocycles. The third kappa shape index (κ3) is 1.33. The number of rotatable bonds is 2. The van der Waals surface area contributed by atoms with E-state index in [2.05, 4.69) is 9.97 Å². The summed E-state index contributed by atoms with van der Waals surface area (Å²) in [6, 6.07) is 3.74. The Bertz CT molecular complexity index is 450. The molecular formula is C9H8N2OS. The lowest BCUT2D eigenvalue weighted by molar-refractivity contribution is 0.112. The van der Waals surface area contributed by atoms with Gasteiger partial charge in [0.25, 0.3) is 0 Å². The van der Waals surface area contributed by atoms with Gasteiger partial charge in [0.15, 0.2) is 6.29 Å². The molecule has 1 heterocycles. The van der Waals surface area contributed by atoms with Crippen LogP contribution < -0.4 is 0 Å². The van der Waals surface area contributed by atoms with Crippen LogP contribution >= 0.6 is 11.8 Å². The molecule has 0 amide bonds. The predicted molar refractivity (Wildman–Crippen MR) is 53.3 cm³/mol. The molecule has 0 fully saturated rings. The van der Waals surface area contributed by atoms with E-state index in [4.69, 9.17) is 0 Å². The second-order valence-electron chi connectivity index (χ2n) is 2.63. The number of aldehydes is 1. The Morgan fingerprint density at radius 1 is 1.54 bits per heavy atom. The van der Waals surface area contributed by atoms with Gasteiger partial charge in [-0.3, -0.25) is 4.79 Å². The highest BCUT2D eigenvalue weighted by Gasteiger charge is 2.04. The van der Waals surface area contributed by atoms with Crippen LogP contribution in [-0.4, -0.2) is 22.5 Å². The fourth-order valence-electron chi connectivity index (χ4n) is 1.25. The largest absolute Gasteiger partial charge is 0.345 e. The summed E-state index contributed by atoms with van der Waals surface area (Å²) in [7, 11) is 0. The van der Waals surface area contributed by atoms with E-state index in [1.807, 2.05) is 18.4 Å². The van der Waals surface area contributed by atoms with Crippen molar-refractivity contribution in [1.82, 2.24) is 9.97 Å². The number of hydrogen-bond acceptors (Lipinski definition) is 3. The minimum atomic E-state index is 0.712. The quantitative estimate of drug-likeness (QED) is 0.585. The molecule has 0 bridgehead atoms. The molecule has 0 radical (unpaired) electrons. The van der Waals surface area contributed by atoms with Gasteiger partial charge in [0, 0.05) is 10.5 Å². The van der Waals surface area contributed by atoms with Gasteiger partial charge in [-0.1, -0.05) is 0 Å². The first-order valence-electron chi connectivity index (χ1n) is 3.81. The van der Waals surface area contributed by atoms with Gasteiger partial charge >= 0.3 is 0 Å². The van der Waals surface area contributed by atoms with Crippen LogP contribution in [0.4, 0.5) is 0 Å². The molecule has 3 nitrogen and oxygen atoms in total. The molecular weight excluding hydrogens is 184 g/mol. The van der Waals surface area contributed by atoms with Crippen molar-refractivity contribution in [2.45, 2.75) is 4.90 Å². The van der Waals surface area contributed by atoms with Crippen LogP contribution in [0, 0.1) is 0 Å². The number of imidazole rings is 1. The van der Waals surface area contributed by atoms with E-state index >= 15 is 0 Å². The number of aromatic nitrogens is 2. The molecule has 0 unspecified atom stereocenters. The average molecular weight is 192 g/mol. The third-order valence-corrected chi connectivity index (χ3v) is 2.69. The van der Waals surface area contributed by atoms with Crippen LogP contribution in [-0.2, 0) is 0 Å². The topological polar surface area (TPSA) is 45.8 Å². The molecule has 2 aromatic rings. The molecule has 0 atom stereocenters. The summed E-state index contributed by atoms with van der Waals surface area (Å²) in [6.07, 6.45) is 4.44. The summed E-state index contributed by atoms with van der Waals surface area (Å²) in [5.41, 5.74) is 2.51. The number of aromatic amines is 1. The van der Waals surface area contributed by atoms with Gasteiger partial charge in [-0.15, -0.1) is 11.8 Å². The fraction of sp³-hybridized carbons (Fsp3) is 0.111. The Balaban J connectivity index is 2.73. The maximum Gasteiger partial charge on any atom is 0.151 e. The minimum absolute atomic E-state index is 0.712. The van der Waals surface area contributed by atoms with E-state index in [1.165, 1.54) is 0 Å². The zero-order chi connectivity index (χ0) is 9.26. The highest BCUT2D eigenvalue weighted by Crippen LogP contribution is 2.23. The lowest BCUT2D eigenvalue weighted by Crippen LogP contribution is -1.84. The number of carbonyl (C=O) groups excluding carboxylic acids is 1. The van der Waals surface area contributed by atoms with Crippen molar-refractivity contribution >= 4 is 29.1 Å². The van der Waals surface area contributed by atoms with Crippen LogP contribution in [0.2, 0.25) is 0 Å². The molecule has 0 aliphatic rings. The molecule has 2 rings (SSSR count). The number of thioether (sulfide) groups is 1. The molecule has 0 aliphatic carbocycles. The Hall–Kier alpha value is -1.29. The fourth-order valence-corrected chi connectivity index (χ4v) is 1.82. The third-order valence-electron chi connectivity index (χ3n) is 1.90. The van der Waals surface area contributed by atoms with Gasteiger partial charge in [0.1, 0.15) is 0 Å². The Morgan fingerprint density at radius 2 is 2.38 bits per heavy atom. The molecule has 4 heteroatoms. The molecule has 13 heavy (non-hydrogen) atoms. The van der Waals surface area contributed by atoms with Crippen molar-refractivity contribution in [2.75, 3.05) is 6.26 Å². The summed E-state index contributed by atoms with van der Waals surface area (Å²) in [6.45, 7) is 0. The van der Waals surface area contributed by atoms with E-state index in [0.29, 0.717) is 5.56 Å². The average Bonchev–Trinajstić information content (AvgIpc) is 2.62. The van der Waals surface area contributed by atoms with Crippen LogP contribution in [0.1, 0.15) is 10.4 Å². The van der Waals surface area contributed by atoms with Crippen molar-refractivity contribution in [3.8, 4) is 0 Å². The number of carbonyl (C=O) groups is 1. The molecule has 1 N–H and O–H groups in total. The van der Waals surface area contributed by atoms with E-state index < -0.39 is 0 Å². The Morgan fingerprint density at radius 3 is 3.08 bits per heavy atom. The van der Waals surface area contributed by atoms with Crippen molar-refractivity contribution in [3.63, 3.8) is 0 Å². The van der Waals surface area contributed by atoms with E-state index in [-0.39, 0.29) is 0 Å². The monoisotopic (exact) mass is 192 g/mol. The van der Waals surface area contributed by atoms with Crippen molar-refractivity contribution in [2.24, 2.45) is 0 Å². The second-order valence-corrected chi connectivity index (χ2v) is 3.48. The van der Waals surface area contributed by atoms with Crippen molar-refractivity contribution in [1.29, 1.82) is 0 Å². The number of nitrogens with one attached hydrogen (secondary N) is 1. The Labute approximate surface area is 79.6 Å². The van der Waals surface area contributed by atoms with Gasteiger partial charge in [-0.05, 0) is 18.4 Å². The van der Waals surface area contributed by atoms with Gasteiger partial charge in [0.2, 0.25) is 0 Å². The zero-order valence-corrected chi connectivity index (χ0v) is 7.89. The molecule has 0 aliphatic heterocycles. The lowest BCUT2D eigenvalue weighted by Gasteiger charge is -1.99. The van der Waals surface area contributed by atoms with Gasteiger partial charge in [-0.2, -0.15) is 0 Å². The SMILES string of the molecule is CSc1cc2nc[nH]c2cc1C=O. The highest BCUT2D eigenvalue weighted by molar-refractivity contribution is 7.98. The number of H-pyrrole nitrogens is 1. The first kappa shape index (κ1) is 8.31. The summed E-state index contributed by atoms with van der Waals surface area (Å²) >= 11 is 1.55. The van der Waals surface area contributed by atoms with Crippen molar-refractivity contribution < 1.29 is 4.79 Å². The standard InChI is InChI=1S/C9H8N2OS/c1-13-9-3-8-7(10-5-11-8)2-6(9)4-12/h2-5H,1H3,(H,10,11). The highest BCUT2D eigenvalue weighted by atomic mass is 32.2. The summed E-state index contributed by atoms with van der Waals surface area (Å²) in [4.78, 5) is 18.8. The second kappa shape index (κ2) is 3.22. The number of hydrogen-bond donors (Lipinski definition) is 1. The molecule has 66 valence electrons. The Kier molecular flexibility index (Phi) is 2.06. The van der Waals surface area contributed by atoms with Crippen LogP contribution in [0.5, 0.6) is 0 Å². The number of fused-ring (bicyclic) bond motifs is 1. The first-order chi connectivity index (χ1) is 6.35. The van der Waals surface area contributed by atoms with Crippen LogP contribution in [0.25, 0.3) is 11.0 Å². The molecule has 1 aromatic heterocycles. The van der Waals surface area contributed by atoms with Crippen LogP contribution in [0.3, 0.4) is 0 Å². The maximum absolute atomic E-state index is 10.7. The minimum Gasteiger partial charge on any atom is -0.345 e. The van der Waals surface area contributed by atoms with Gasteiger partial charge in [0.05, 0.1) is 17.4 Å². The van der Waals surface area contributed by atoms with Crippen LogP contribution in [0.15, 0.2) is 23.4 Å². The maximum atomic E-state index is 10.7. The summed E-state index contributed by atoms with van der Waals surface area (Å²) < 4.78 is 0. The lowest BCUT2D eigenvalue weighted by atomic mass is 10.2. The number of benzene rings is 1. The van der Waals surface area contributed by atoms with Gasteiger partial charge in [-0.25, -0.2) is 4.98 Å². The van der Waals surface area contributed by atoms with E-state index in [0.717, 1.165) is 22.2 Å². The smallest absolute Gasteiger partial charge is 0.151 e. The first-order valence-corrected chi connectivity index (χ1v) is 5.04. The normalized spacial score (nSPS) is 10.5. The van der Waals surface area contributed by atoms with Crippen molar-refractivity contribution in [3.05, 3.63) is 24.0 Å². The molecule has 0 saturated carbocycles. The number of nitrogens with zero attached hydrogens (tertiary/aromatic N) is 1. The molecule has 0 saturated heterocycles. The summed E-state index contributed by atoms with van der Waals surface area (Å²) in [5.74, 6) is 0. The van der Waals surface area contributed by atoms with Gasteiger partial charge < -0.3 is 4.98 Å². The molecule has 0 spiro atoms. The predicted octanol–water partition coefficient (Wildman–Crippen LogP) is 2.10. The van der Waals surface area contributed by atoms with E-state index in [1.54, 1.807) is 18.1 Å². The summed E-state index contributed by atoms with van der Waals surface area (Å²) in [5, 5.41) is 0. The zero-order valence-electron chi connectivity index (χ0n) is 7.07.